The summed E-state index contributed by atoms with van der Waals surface area (Å²) in [7, 11) is 1.62. The van der Waals surface area contributed by atoms with Crippen LogP contribution in [0.5, 0.6) is 0 Å². The Morgan fingerprint density at radius 2 is 2.19 bits per heavy atom. The maximum Gasteiger partial charge on any atom is 0.434 e. The van der Waals surface area contributed by atoms with Gasteiger partial charge in [-0.05, 0) is 12.8 Å². The molecule has 0 radical (unpaired) electrons. The average Bonchev–Trinajstić information content (AvgIpc) is 2.93. The minimum absolute atomic E-state index is 0.212. The van der Waals surface area contributed by atoms with Crippen molar-refractivity contribution < 1.29 is 17.9 Å². The molecule has 0 spiro atoms. The van der Waals surface area contributed by atoms with Gasteiger partial charge >= 0.3 is 6.18 Å². The molecule has 1 fully saturated rings. The summed E-state index contributed by atoms with van der Waals surface area (Å²) in [6.45, 7) is 1.62. The third-order valence-corrected chi connectivity index (χ3v) is 3.88. The molecule has 0 amide bonds. The molecule has 118 valence electrons. The number of ether oxygens (including phenoxy) is 1. The van der Waals surface area contributed by atoms with Gasteiger partial charge in [0.25, 0.3) is 0 Å². The Labute approximate surface area is 124 Å². The molecule has 1 aliphatic heterocycles. The molecular weight excluding hydrogens is 305 g/mol. The van der Waals surface area contributed by atoms with E-state index in [0.29, 0.717) is 24.2 Å². The number of halogens is 3. The van der Waals surface area contributed by atoms with Gasteiger partial charge in [0.05, 0.1) is 6.54 Å². The van der Waals surface area contributed by atoms with Crippen molar-refractivity contribution in [1.82, 2.24) is 15.6 Å². The Morgan fingerprint density at radius 1 is 1.48 bits per heavy atom. The number of rotatable bonds is 3. The summed E-state index contributed by atoms with van der Waals surface area (Å²) >= 11 is 0.979. The topological polar surface area (TPSA) is 58.5 Å². The van der Waals surface area contributed by atoms with Crippen molar-refractivity contribution in [3.63, 3.8) is 0 Å². The van der Waals surface area contributed by atoms with Crippen LogP contribution >= 0.6 is 11.3 Å². The first-order valence-electron chi connectivity index (χ1n) is 6.55. The maximum atomic E-state index is 12.5. The zero-order valence-corrected chi connectivity index (χ0v) is 12.4. The van der Waals surface area contributed by atoms with E-state index in [-0.39, 0.29) is 12.6 Å². The van der Waals surface area contributed by atoms with Crippen molar-refractivity contribution in [2.24, 2.45) is 4.99 Å². The van der Waals surface area contributed by atoms with Gasteiger partial charge in [-0.2, -0.15) is 13.2 Å². The van der Waals surface area contributed by atoms with Crippen LogP contribution in [0.3, 0.4) is 0 Å². The van der Waals surface area contributed by atoms with Crippen molar-refractivity contribution in [3.05, 3.63) is 16.1 Å². The number of nitrogens with one attached hydrogen (secondary N) is 2. The number of alkyl halides is 3. The van der Waals surface area contributed by atoms with Gasteiger partial charge in [0.2, 0.25) is 0 Å². The van der Waals surface area contributed by atoms with Gasteiger partial charge in [-0.15, -0.1) is 11.3 Å². The normalized spacial score (nSPS) is 17.8. The zero-order valence-electron chi connectivity index (χ0n) is 11.5. The van der Waals surface area contributed by atoms with Crippen molar-refractivity contribution in [1.29, 1.82) is 0 Å². The highest BCUT2D eigenvalue weighted by Gasteiger charge is 2.33. The van der Waals surface area contributed by atoms with Crippen LogP contribution in [0.2, 0.25) is 0 Å². The Morgan fingerprint density at radius 3 is 2.76 bits per heavy atom. The van der Waals surface area contributed by atoms with E-state index in [9.17, 15) is 13.2 Å². The summed E-state index contributed by atoms with van der Waals surface area (Å²) in [4.78, 5) is 7.62. The molecule has 2 rings (SSSR count). The predicted molar refractivity (Wildman–Crippen MR) is 74.3 cm³/mol. The van der Waals surface area contributed by atoms with Crippen molar-refractivity contribution in [3.8, 4) is 0 Å². The van der Waals surface area contributed by atoms with Crippen LogP contribution in [0.4, 0.5) is 13.2 Å². The number of nitrogens with zero attached hydrogens (tertiary/aromatic N) is 2. The first-order chi connectivity index (χ1) is 9.99. The molecule has 1 aliphatic rings. The summed E-state index contributed by atoms with van der Waals surface area (Å²) in [5.74, 6) is 0.561. The molecular formula is C12H17F3N4OS. The monoisotopic (exact) mass is 322 g/mol. The number of hydrogen-bond acceptors (Lipinski definition) is 4. The number of guanidine groups is 1. The summed E-state index contributed by atoms with van der Waals surface area (Å²) < 4.78 is 42.6. The largest absolute Gasteiger partial charge is 0.434 e. The SMILES string of the molecule is CN=C(NCc1nc(C(F)(F)F)cs1)NC1CCOCC1. The van der Waals surface area contributed by atoms with Gasteiger partial charge in [-0.25, -0.2) is 4.98 Å². The van der Waals surface area contributed by atoms with Crippen LogP contribution in [-0.2, 0) is 17.5 Å². The molecule has 0 bridgehead atoms. The lowest BCUT2D eigenvalue weighted by atomic mass is 10.1. The molecule has 5 nitrogen and oxygen atoms in total. The summed E-state index contributed by atoms with van der Waals surface area (Å²) in [6, 6.07) is 0.270. The number of hydrogen-bond donors (Lipinski definition) is 2. The highest BCUT2D eigenvalue weighted by atomic mass is 32.1. The number of thiazole rings is 1. The maximum absolute atomic E-state index is 12.5. The Kier molecular flexibility index (Phi) is 5.40. The summed E-state index contributed by atoms with van der Waals surface area (Å²) in [5.41, 5.74) is -0.850. The number of aromatic nitrogens is 1. The molecule has 1 aromatic heterocycles. The predicted octanol–water partition coefficient (Wildman–Crippen LogP) is 2.01. The van der Waals surface area contributed by atoms with E-state index < -0.39 is 11.9 Å². The quantitative estimate of drug-likeness (QED) is 0.660. The second-order valence-corrected chi connectivity index (χ2v) is 5.52. The number of aliphatic imine (C=N–C) groups is 1. The zero-order chi connectivity index (χ0) is 15.3. The lowest BCUT2D eigenvalue weighted by Crippen LogP contribution is -2.45. The minimum Gasteiger partial charge on any atom is -0.381 e. The third-order valence-electron chi connectivity index (χ3n) is 3.03. The minimum atomic E-state index is -4.39. The fourth-order valence-corrected chi connectivity index (χ4v) is 2.65. The van der Waals surface area contributed by atoms with Crippen molar-refractivity contribution >= 4 is 17.3 Å². The van der Waals surface area contributed by atoms with E-state index in [0.717, 1.165) is 29.6 Å². The van der Waals surface area contributed by atoms with Gasteiger partial charge in [0.15, 0.2) is 11.7 Å². The fourth-order valence-electron chi connectivity index (χ4n) is 1.91. The molecule has 9 heteroatoms. The van der Waals surface area contributed by atoms with E-state index in [1.54, 1.807) is 7.05 Å². The first-order valence-corrected chi connectivity index (χ1v) is 7.43. The smallest absolute Gasteiger partial charge is 0.381 e. The van der Waals surface area contributed by atoms with Crippen LogP contribution < -0.4 is 10.6 Å². The molecule has 1 aromatic rings. The molecule has 0 saturated carbocycles. The molecule has 2 heterocycles. The lowest BCUT2D eigenvalue weighted by Gasteiger charge is -2.24. The van der Waals surface area contributed by atoms with Crippen LogP contribution in [0.25, 0.3) is 0 Å². The second kappa shape index (κ2) is 7.08. The lowest BCUT2D eigenvalue weighted by molar-refractivity contribution is -0.140. The Bertz CT molecular complexity index is 483. The molecule has 21 heavy (non-hydrogen) atoms. The molecule has 0 atom stereocenters. The summed E-state index contributed by atoms with van der Waals surface area (Å²) in [6.07, 6.45) is -2.62. The van der Waals surface area contributed by atoms with Gasteiger partial charge in [-0.1, -0.05) is 0 Å². The molecule has 2 N–H and O–H groups in total. The van der Waals surface area contributed by atoms with Crippen LogP contribution in [-0.4, -0.2) is 37.2 Å². The van der Waals surface area contributed by atoms with Crippen LogP contribution in [0, 0.1) is 0 Å². The highest BCUT2D eigenvalue weighted by Crippen LogP contribution is 2.29. The van der Waals surface area contributed by atoms with Crippen molar-refractivity contribution in [2.45, 2.75) is 31.6 Å². The van der Waals surface area contributed by atoms with Gasteiger partial charge in [0, 0.05) is 31.7 Å². The van der Waals surface area contributed by atoms with E-state index >= 15 is 0 Å². The molecule has 0 unspecified atom stereocenters. The molecule has 1 saturated heterocycles. The van der Waals surface area contributed by atoms with Gasteiger partial charge in [0.1, 0.15) is 5.01 Å². The van der Waals surface area contributed by atoms with E-state index in [1.807, 2.05) is 0 Å². The standard InChI is InChI=1S/C12H17F3N4OS/c1-16-11(18-8-2-4-20-5-3-8)17-6-10-19-9(7-21-10)12(13,14)15/h7-8H,2-6H2,1H3,(H2,16,17,18). The molecule has 0 aromatic carbocycles. The van der Waals surface area contributed by atoms with Crippen molar-refractivity contribution in [2.75, 3.05) is 20.3 Å². The summed E-state index contributed by atoms with van der Waals surface area (Å²) in [5, 5.41) is 7.59. The van der Waals surface area contributed by atoms with Crippen LogP contribution in [0.1, 0.15) is 23.5 Å². The average molecular weight is 322 g/mol. The van der Waals surface area contributed by atoms with E-state index in [4.69, 9.17) is 4.74 Å². The van der Waals surface area contributed by atoms with Gasteiger partial charge in [-0.3, -0.25) is 4.99 Å². The van der Waals surface area contributed by atoms with Crippen LogP contribution in [0.15, 0.2) is 10.4 Å². The fraction of sp³-hybridized carbons (Fsp3) is 0.667. The second-order valence-electron chi connectivity index (χ2n) is 4.58. The third kappa shape index (κ3) is 4.85. The Hall–Kier alpha value is -1.35. The highest BCUT2D eigenvalue weighted by molar-refractivity contribution is 7.09. The molecule has 0 aliphatic carbocycles. The Balaban J connectivity index is 1.84. The van der Waals surface area contributed by atoms with E-state index in [2.05, 4.69) is 20.6 Å². The van der Waals surface area contributed by atoms with Gasteiger partial charge < -0.3 is 15.4 Å². The van der Waals surface area contributed by atoms with E-state index in [1.165, 1.54) is 0 Å². The first kappa shape index (κ1) is 16.0.